The fourth-order valence-corrected chi connectivity index (χ4v) is 2.73. The van der Waals surface area contributed by atoms with E-state index in [1.54, 1.807) is 0 Å². The van der Waals surface area contributed by atoms with Gasteiger partial charge in [0.1, 0.15) is 0 Å². The third-order valence-electron chi connectivity index (χ3n) is 3.93. The molecule has 0 aliphatic rings. The van der Waals surface area contributed by atoms with Crippen LogP contribution >= 0.6 is 0 Å². The molecule has 2 aromatic rings. The molecule has 0 amide bonds. The van der Waals surface area contributed by atoms with Crippen molar-refractivity contribution >= 4 is 0 Å². The SMILES string of the molecule is CCCCCC(NCc1cccc(C)c1)c1ccccc1. The molecule has 0 saturated heterocycles. The zero-order valence-electron chi connectivity index (χ0n) is 13.3. The number of rotatable bonds is 8. The first-order valence-corrected chi connectivity index (χ1v) is 8.13. The number of nitrogens with one attached hydrogen (secondary N) is 1. The Balaban J connectivity index is 1.98. The van der Waals surface area contributed by atoms with Gasteiger partial charge in [0.15, 0.2) is 0 Å². The molecule has 2 aromatic carbocycles. The lowest BCUT2D eigenvalue weighted by Crippen LogP contribution is -2.21. The van der Waals surface area contributed by atoms with E-state index >= 15 is 0 Å². The minimum atomic E-state index is 0.457. The quantitative estimate of drug-likeness (QED) is 0.638. The van der Waals surface area contributed by atoms with E-state index in [1.807, 2.05) is 0 Å². The molecule has 0 aliphatic carbocycles. The zero-order chi connectivity index (χ0) is 14.9. The summed E-state index contributed by atoms with van der Waals surface area (Å²) >= 11 is 0. The largest absolute Gasteiger partial charge is 0.306 e. The first kappa shape index (κ1) is 15.8. The van der Waals surface area contributed by atoms with Crippen LogP contribution in [0.4, 0.5) is 0 Å². The van der Waals surface area contributed by atoms with Crippen molar-refractivity contribution in [1.82, 2.24) is 5.32 Å². The summed E-state index contributed by atoms with van der Waals surface area (Å²) in [6.07, 6.45) is 5.09. The first-order chi connectivity index (χ1) is 10.3. The second-order valence-electron chi connectivity index (χ2n) is 5.83. The maximum Gasteiger partial charge on any atom is 0.0323 e. The van der Waals surface area contributed by atoms with Crippen LogP contribution in [0.15, 0.2) is 54.6 Å². The second-order valence-corrected chi connectivity index (χ2v) is 5.83. The Bertz CT molecular complexity index is 518. The van der Waals surface area contributed by atoms with Crippen molar-refractivity contribution in [3.8, 4) is 0 Å². The smallest absolute Gasteiger partial charge is 0.0323 e. The van der Waals surface area contributed by atoms with E-state index < -0.39 is 0 Å². The van der Waals surface area contributed by atoms with Gasteiger partial charge >= 0.3 is 0 Å². The maximum absolute atomic E-state index is 3.74. The number of hydrogen-bond donors (Lipinski definition) is 1. The molecular weight excluding hydrogens is 254 g/mol. The van der Waals surface area contributed by atoms with E-state index in [4.69, 9.17) is 0 Å². The molecule has 0 heterocycles. The molecule has 0 saturated carbocycles. The fourth-order valence-electron chi connectivity index (χ4n) is 2.73. The van der Waals surface area contributed by atoms with Crippen LogP contribution in [0.3, 0.4) is 0 Å². The van der Waals surface area contributed by atoms with Gasteiger partial charge in [0.05, 0.1) is 0 Å². The van der Waals surface area contributed by atoms with Gasteiger partial charge in [-0.15, -0.1) is 0 Å². The average molecular weight is 281 g/mol. The highest BCUT2D eigenvalue weighted by Gasteiger charge is 2.10. The Morgan fingerprint density at radius 2 is 1.76 bits per heavy atom. The Morgan fingerprint density at radius 3 is 2.48 bits per heavy atom. The van der Waals surface area contributed by atoms with Crippen molar-refractivity contribution in [2.75, 3.05) is 0 Å². The monoisotopic (exact) mass is 281 g/mol. The molecule has 1 N–H and O–H groups in total. The van der Waals surface area contributed by atoms with Crippen LogP contribution in [0.1, 0.15) is 55.3 Å². The number of unbranched alkanes of at least 4 members (excludes halogenated alkanes) is 2. The van der Waals surface area contributed by atoms with E-state index in [0.29, 0.717) is 6.04 Å². The van der Waals surface area contributed by atoms with Crippen molar-refractivity contribution < 1.29 is 0 Å². The van der Waals surface area contributed by atoms with Crippen molar-refractivity contribution in [2.24, 2.45) is 0 Å². The van der Waals surface area contributed by atoms with E-state index in [9.17, 15) is 0 Å². The molecule has 0 spiro atoms. The van der Waals surface area contributed by atoms with Crippen molar-refractivity contribution in [2.45, 2.75) is 52.1 Å². The summed E-state index contributed by atoms with van der Waals surface area (Å²) in [5.74, 6) is 0. The lowest BCUT2D eigenvalue weighted by Gasteiger charge is -2.19. The molecule has 1 nitrogen and oxygen atoms in total. The second kappa shape index (κ2) is 8.63. The highest BCUT2D eigenvalue weighted by molar-refractivity contribution is 5.23. The van der Waals surface area contributed by atoms with Crippen LogP contribution < -0.4 is 5.32 Å². The van der Waals surface area contributed by atoms with Gasteiger partial charge in [-0.2, -0.15) is 0 Å². The molecule has 0 bridgehead atoms. The normalized spacial score (nSPS) is 12.3. The van der Waals surface area contributed by atoms with Crippen LogP contribution in [0, 0.1) is 6.92 Å². The highest BCUT2D eigenvalue weighted by atomic mass is 14.9. The molecule has 2 rings (SSSR count). The lowest BCUT2D eigenvalue weighted by atomic mass is 10.00. The fraction of sp³-hybridized carbons (Fsp3) is 0.400. The Labute approximate surface area is 129 Å². The van der Waals surface area contributed by atoms with Gasteiger partial charge in [-0.25, -0.2) is 0 Å². The average Bonchev–Trinajstić information content (AvgIpc) is 2.52. The van der Waals surface area contributed by atoms with E-state index in [0.717, 1.165) is 6.54 Å². The van der Waals surface area contributed by atoms with Gasteiger partial charge in [-0.05, 0) is 24.5 Å². The van der Waals surface area contributed by atoms with Crippen molar-refractivity contribution in [1.29, 1.82) is 0 Å². The first-order valence-electron chi connectivity index (χ1n) is 8.13. The Hall–Kier alpha value is -1.60. The summed E-state index contributed by atoms with van der Waals surface area (Å²) in [4.78, 5) is 0. The van der Waals surface area contributed by atoms with E-state index in [1.165, 1.54) is 42.4 Å². The molecule has 0 fully saturated rings. The van der Waals surface area contributed by atoms with Gasteiger partial charge in [-0.3, -0.25) is 0 Å². The molecular formula is C20H27N. The van der Waals surface area contributed by atoms with E-state index in [-0.39, 0.29) is 0 Å². The summed E-state index contributed by atoms with van der Waals surface area (Å²) < 4.78 is 0. The summed E-state index contributed by atoms with van der Waals surface area (Å²) in [7, 11) is 0. The number of hydrogen-bond acceptors (Lipinski definition) is 1. The van der Waals surface area contributed by atoms with Gasteiger partial charge in [0, 0.05) is 12.6 Å². The lowest BCUT2D eigenvalue weighted by molar-refractivity contribution is 0.473. The Morgan fingerprint density at radius 1 is 0.952 bits per heavy atom. The topological polar surface area (TPSA) is 12.0 Å². The molecule has 1 unspecified atom stereocenters. The third kappa shape index (κ3) is 5.35. The van der Waals surface area contributed by atoms with Crippen LogP contribution in [0.5, 0.6) is 0 Å². The molecule has 112 valence electrons. The summed E-state index contributed by atoms with van der Waals surface area (Å²) in [5, 5.41) is 3.74. The number of benzene rings is 2. The standard InChI is InChI=1S/C20H27N/c1-3-4-6-14-20(19-12-7-5-8-13-19)21-16-18-11-9-10-17(2)15-18/h5,7-13,15,20-21H,3-4,6,14,16H2,1-2H3. The summed E-state index contributed by atoms with van der Waals surface area (Å²) in [5.41, 5.74) is 4.10. The molecule has 21 heavy (non-hydrogen) atoms. The summed E-state index contributed by atoms with van der Waals surface area (Å²) in [6, 6.07) is 20.0. The van der Waals surface area contributed by atoms with Gasteiger partial charge in [0.2, 0.25) is 0 Å². The van der Waals surface area contributed by atoms with Gasteiger partial charge in [-0.1, -0.05) is 86.3 Å². The van der Waals surface area contributed by atoms with Gasteiger partial charge in [0.25, 0.3) is 0 Å². The van der Waals surface area contributed by atoms with Crippen LogP contribution in [-0.2, 0) is 6.54 Å². The molecule has 1 atom stereocenters. The summed E-state index contributed by atoms with van der Waals surface area (Å²) in [6.45, 7) is 5.35. The number of aryl methyl sites for hydroxylation is 1. The third-order valence-corrected chi connectivity index (χ3v) is 3.93. The van der Waals surface area contributed by atoms with Crippen molar-refractivity contribution in [3.63, 3.8) is 0 Å². The van der Waals surface area contributed by atoms with Crippen LogP contribution in [0.25, 0.3) is 0 Å². The zero-order valence-corrected chi connectivity index (χ0v) is 13.3. The highest BCUT2D eigenvalue weighted by Crippen LogP contribution is 2.20. The molecule has 0 radical (unpaired) electrons. The molecule has 0 aromatic heterocycles. The predicted molar refractivity (Wildman–Crippen MR) is 91.3 cm³/mol. The minimum Gasteiger partial charge on any atom is -0.306 e. The van der Waals surface area contributed by atoms with Crippen LogP contribution in [0.2, 0.25) is 0 Å². The molecule has 0 aliphatic heterocycles. The van der Waals surface area contributed by atoms with Gasteiger partial charge < -0.3 is 5.32 Å². The van der Waals surface area contributed by atoms with E-state index in [2.05, 4.69) is 73.8 Å². The van der Waals surface area contributed by atoms with Crippen molar-refractivity contribution in [3.05, 3.63) is 71.3 Å². The maximum atomic E-state index is 3.74. The predicted octanol–water partition coefficient (Wildman–Crippen LogP) is 5.41. The minimum absolute atomic E-state index is 0.457. The Kier molecular flexibility index (Phi) is 6.49. The van der Waals surface area contributed by atoms with Crippen LogP contribution in [-0.4, -0.2) is 0 Å². The molecule has 1 heteroatoms.